The molecule has 0 unspecified atom stereocenters. The smallest absolute Gasteiger partial charge is 0.234 e. The molecule has 3 aromatic carbocycles. The number of benzene rings is 3. The van der Waals surface area contributed by atoms with Crippen LogP contribution in [-0.2, 0) is 4.79 Å². The number of nitrogens with zero attached hydrogens (tertiary/aromatic N) is 3. The van der Waals surface area contributed by atoms with Crippen molar-refractivity contribution in [2.45, 2.75) is 12.1 Å². The summed E-state index contributed by atoms with van der Waals surface area (Å²) in [7, 11) is 0. The molecule has 0 aliphatic rings. The lowest BCUT2D eigenvalue weighted by Gasteiger charge is -2.11. The Hall–Kier alpha value is -3.16. The topological polar surface area (TPSA) is 59.8 Å². The predicted octanol–water partition coefficient (Wildman–Crippen LogP) is 5.77. The normalized spacial score (nSPS) is 10.8. The molecular formula is C23H18ClFN4OS. The Morgan fingerprint density at radius 3 is 2.52 bits per heavy atom. The second kappa shape index (κ2) is 9.32. The molecule has 0 atom stereocenters. The van der Waals surface area contributed by atoms with Crippen molar-refractivity contribution < 1.29 is 9.18 Å². The van der Waals surface area contributed by atoms with Gasteiger partial charge in [-0.05, 0) is 61.5 Å². The highest BCUT2D eigenvalue weighted by molar-refractivity contribution is 7.99. The van der Waals surface area contributed by atoms with Crippen LogP contribution < -0.4 is 5.32 Å². The Kier molecular flexibility index (Phi) is 6.34. The first-order valence-electron chi connectivity index (χ1n) is 9.46. The molecule has 1 heterocycles. The number of halogens is 2. The Bertz CT molecular complexity index is 1210. The number of amides is 1. The molecule has 156 valence electrons. The summed E-state index contributed by atoms with van der Waals surface area (Å²) in [6.07, 6.45) is 0. The van der Waals surface area contributed by atoms with Crippen molar-refractivity contribution in [2.75, 3.05) is 11.1 Å². The Morgan fingerprint density at radius 1 is 1.06 bits per heavy atom. The lowest BCUT2D eigenvalue weighted by molar-refractivity contribution is -0.113. The SMILES string of the molecule is Cc1ccc(-n2c(SCC(=O)Nc3cccc(F)c3)nnc2-c2ccc(Cl)cc2)cc1. The third kappa shape index (κ3) is 5.13. The summed E-state index contributed by atoms with van der Waals surface area (Å²) < 4.78 is 15.2. The van der Waals surface area contributed by atoms with Gasteiger partial charge >= 0.3 is 0 Å². The molecule has 31 heavy (non-hydrogen) atoms. The summed E-state index contributed by atoms with van der Waals surface area (Å²) in [6.45, 7) is 2.02. The highest BCUT2D eigenvalue weighted by atomic mass is 35.5. The number of carbonyl (C=O) groups excluding carboxylic acids is 1. The van der Waals surface area contributed by atoms with Crippen LogP contribution >= 0.6 is 23.4 Å². The molecule has 0 fully saturated rings. The lowest BCUT2D eigenvalue weighted by atomic mass is 10.2. The molecule has 0 saturated carbocycles. The average Bonchev–Trinajstić information content (AvgIpc) is 3.17. The summed E-state index contributed by atoms with van der Waals surface area (Å²) in [5, 5.41) is 12.6. The molecule has 8 heteroatoms. The molecule has 1 N–H and O–H groups in total. The first-order chi connectivity index (χ1) is 15.0. The molecule has 0 saturated heterocycles. The molecule has 4 aromatic rings. The second-order valence-electron chi connectivity index (χ2n) is 6.83. The second-order valence-corrected chi connectivity index (χ2v) is 8.21. The van der Waals surface area contributed by atoms with Crippen LogP contribution in [0.1, 0.15) is 5.56 Å². The summed E-state index contributed by atoms with van der Waals surface area (Å²) in [5.74, 6) is 0.0778. The fraction of sp³-hybridized carbons (Fsp3) is 0.0870. The van der Waals surface area contributed by atoms with Crippen molar-refractivity contribution >= 4 is 35.0 Å². The molecule has 4 rings (SSSR count). The predicted molar refractivity (Wildman–Crippen MR) is 122 cm³/mol. The van der Waals surface area contributed by atoms with Crippen molar-refractivity contribution in [3.8, 4) is 17.1 Å². The fourth-order valence-corrected chi connectivity index (χ4v) is 3.85. The largest absolute Gasteiger partial charge is 0.325 e. The number of nitrogens with one attached hydrogen (secondary N) is 1. The molecule has 0 spiro atoms. The average molecular weight is 453 g/mol. The number of hydrogen-bond donors (Lipinski definition) is 1. The zero-order chi connectivity index (χ0) is 21.8. The van der Waals surface area contributed by atoms with Gasteiger partial charge in [-0.2, -0.15) is 0 Å². The molecule has 0 aliphatic heterocycles. The van der Waals surface area contributed by atoms with Crippen molar-refractivity contribution in [1.82, 2.24) is 14.8 Å². The quantitative estimate of drug-likeness (QED) is 0.377. The minimum atomic E-state index is -0.405. The van der Waals surface area contributed by atoms with E-state index in [1.54, 1.807) is 24.3 Å². The standard InChI is InChI=1S/C23H18ClFN4OS/c1-15-5-11-20(12-6-15)29-22(16-7-9-17(24)10-8-16)27-28-23(29)31-14-21(30)26-19-4-2-3-18(25)13-19/h2-13H,14H2,1H3,(H,26,30). The van der Waals surface area contributed by atoms with Gasteiger partial charge in [0.2, 0.25) is 5.91 Å². The third-order valence-electron chi connectivity index (χ3n) is 4.47. The highest BCUT2D eigenvalue weighted by Gasteiger charge is 2.17. The van der Waals surface area contributed by atoms with E-state index in [-0.39, 0.29) is 11.7 Å². The van der Waals surface area contributed by atoms with Gasteiger partial charge in [-0.15, -0.1) is 10.2 Å². The third-order valence-corrected chi connectivity index (χ3v) is 5.65. The van der Waals surface area contributed by atoms with Crippen molar-refractivity contribution in [3.05, 3.63) is 89.2 Å². The van der Waals surface area contributed by atoms with Crippen LogP contribution in [0.5, 0.6) is 0 Å². The lowest BCUT2D eigenvalue weighted by Crippen LogP contribution is -2.14. The highest BCUT2D eigenvalue weighted by Crippen LogP contribution is 2.29. The first kappa shape index (κ1) is 21.1. The zero-order valence-electron chi connectivity index (χ0n) is 16.5. The van der Waals surface area contributed by atoms with Crippen LogP contribution in [0, 0.1) is 12.7 Å². The van der Waals surface area contributed by atoms with Gasteiger partial charge in [0.1, 0.15) is 5.82 Å². The minimum absolute atomic E-state index is 0.0983. The van der Waals surface area contributed by atoms with Gasteiger partial charge in [-0.1, -0.05) is 47.1 Å². The summed E-state index contributed by atoms with van der Waals surface area (Å²) >= 11 is 7.28. The van der Waals surface area contributed by atoms with E-state index in [0.717, 1.165) is 16.8 Å². The maximum atomic E-state index is 13.3. The van der Waals surface area contributed by atoms with E-state index < -0.39 is 5.82 Å². The zero-order valence-corrected chi connectivity index (χ0v) is 18.1. The van der Waals surface area contributed by atoms with Gasteiger partial charge in [0.05, 0.1) is 5.75 Å². The monoisotopic (exact) mass is 452 g/mol. The molecule has 5 nitrogen and oxygen atoms in total. The van der Waals surface area contributed by atoms with E-state index in [4.69, 9.17) is 11.6 Å². The van der Waals surface area contributed by atoms with Gasteiger partial charge in [0.25, 0.3) is 0 Å². The number of aromatic nitrogens is 3. The number of aryl methyl sites for hydroxylation is 1. The number of thioether (sulfide) groups is 1. The molecule has 0 aliphatic carbocycles. The van der Waals surface area contributed by atoms with Gasteiger partial charge in [0.15, 0.2) is 11.0 Å². The molecule has 1 amide bonds. The summed E-state index contributed by atoms with van der Waals surface area (Å²) in [5.41, 5.74) is 3.28. The molecule has 1 aromatic heterocycles. The van der Waals surface area contributed by atoms with Crippen LogP contribution in [0.2, 0.25) is 5.02 Å². The van der Waals surface area contributed by atoms with Crippen LogP contribution in [0.25, 0.3) is 17.1 Å². The van der Waals surface area contributed by atoms with Gasteiger partial charge in [0, 0.05) is 22.0 Å². The Labute approximate surface area is 188 Å². The van der Waals surface area contributed by atoms with Gasteiger partial charge < -0.3 is 5.32 Å². The van der Waals surface area contributed by atoms with Crippen molar-refractivity contribution in [2.24, 2.45) is 0 Å². The number of anilines is 1. The number of rotatable bonds is 6. The van der Waals surface area contributed by atoms with E-state index >= 15 is 0 Å². The Morgan fingerprint density at radius 2 is 1.81 bits per heavy atom. The summed E-state index contributed by atoms with van der Waals surface area (Å²) in [4.78, 5) is 12.4. The van der Waals surface area contributed by atoms with Crippen LogP contribution in [0.3, 0.4) is 0 Å². The fourth-order valence-electron chi connectivity index (χ4n) is 2.97. The van der Waals surface area contributed by atoms with Gasteiger partial charge in [-0.3, -0.25) is 9.36 Å². The van der Waals surface area contributed by atoms with E-state index in [2.05, 4.69) is 15.5 Å². The van der Waals surface area contributed by atoms with E-state index in [1.807, 2.05) is 47.9 Å². The van der Waals surface area contributed by atoms with Crippen LogP contribution in [-0.4, -0.2) is 26.4 Å². The van der Waals surface area contributed by atoms with Crippen LogP contribution in [0.4, 0.5) is 10.1 Å². The number of carbonyl (C=O) groups is 1. The number of hydrogen-bond acceptors (Lipinski definition) is 4. The summed E-state index contributed by atoms with van der Waals surface area (Å²) in [6, 6.07) is 21.1. The van der Waals surface area contributed by atoms with E-state index in [1.165, 1.54) is 23.9 Å². The molecule has 0 bridgehead atoms. The maximum Gasteiger partial charge on any atom is 0.234 e. The van der Waals surface area contributed by atoms with E-state index in [9.17, 15) is 9.18 Å². The van der Waals surface area contributed by atoms with Crippen LogP contribution in [0.15, 0.2) is 78.0 Å². The molecular weight excluding hydrogens is 435 g/mol. The molecule has 0 radical (unpaired) electrons. The minimum Gasteiger partial charge on any atom is -0.325 e. The van der Waals surface area contributed by atoms with Crippen molar-refractivity contribution in [3.63, 3.8) is 0 Å². The van der Waals surface area contributed by atoms with Gasteiger partial charge in [-0.25, -0.2) is 4.39 Å². The van der Waals surface area contributed by atoms with Crippen molar-refractivity contribution in [1.29, 1.82) is 0 Å². The van der Waals surface area contributed by atoms with E-state index in [0.29, 0.717) is 21.7 Å². The first-order valence-corrected chi connectivity index (χ1v) is 10.8. The maximum absolute atomic E-state index is 13.3. The Balaban J connectivity index is 1.60.